The van der Waals surface area contributed by atoms with Gasteiger partial charge < -0.3 is 14.8 Å². The standard InChI is InChI=1S/C16H19ClN2O2/c1-11(2)18-10-13-12(17)8-9-16(19-13)21-15-7-5-4-6-14(15)20-3/h4-9,11,18H,10H2,1-3H3. The number of hydrogen-bond acceptors (Lipinski definition) is 4. The van der Waals surface area contributed by atoms with Crippen molar-refractivity contribution in [3.05, 3.63) is 47.1 Å². The molecule has 0 atom stereocenters. The lowest BCUT2D eigenvalue weighted by Crippen LogP contribution is -2.22. The Labute approximate surface area is 130 Å². The predicted molar refractivity (Wildman–Crippen MR) is 84.3 cm³/mol. The van der Waals surface area contributed by atoms with Crippen molar-refractivity contribution in [1.82, 2.24) is 10.3 Å². The summed E-state index contributed by atoms with van der Waals surface area (Å²) >= 11 is 6.16. The van der Waals surface area contributed by atoms with Crippen LogP contribution >= 0.6 is 11.6 Å². The molecule has 1 aromatic heterocycles. The highest BCUT2D eigenvalue weighted by Crippen LogP contribution is 2.30. The van der Waals surface area contributed by atoms with E-state index in [9.17, 15) is 0 Å². The topological polar surface area (TPSA) is 43.4 Å². The van der Waals surface area contributed by atoms with Gasteiger partial charge in [-0.2, -0.15) is 0 Å². The van der Waals surface area contributed by atoms with Gasteiger partial charge in [0.15, 0.2) is 11.5 Å². The molecule has 21 heavy (non-hydrogen) atoms. The largest absolute Gasteiger partial charge is 0.493 e. The van der Waals surface area contributed by atoms with E-state index in [-0.39, 0.29) is 0 Å². The third-order valence-electron chi connectivity index (χ3n) is 2.85. The fourth-order valence-electron chi connectivity index (χ4n) is 1.76. The highest BCUT2D eigenvalue weighted by molar-refractivity contribution is 6.31. The summed E-state index contributed by atoms with van der Waals surface area (Å²) in [6, 6.07) is 11.3. The van der Waals surface area contributed by atoms with E-state index in [1.807, 2.05) is 24.3 Å². The second kappa shape index (κ2) is 7.29. The molecule has 4 nitrogen and oxygen atoms in total. The second-order valence-electron chi connectivity index (χ2n) is 4.87. The fourth-order valence-corrected chi connectivity index (χ4v) is 1.93. The normalized spacial score (nSPS) is 10.7. The van der Waals surface area contributed by atoms with E-state index in [0.717, 1.165) is 5.69 Å². The van der Waals surface area contributed by atoms with Crippen LogP contribution in [0.4, 0.5) is 0 Å². The molecule has 5 heteroatoms. The number of hydrogen-bond donors (Lipinski definition) is 1. The van der Waals surface area contributed by atoms with Crippen molar-refractivity contribution in [2.45, 2.75) is 26.4 Å². The Hall–Kier alpha value is -1.78. The lowest BCUT2D eigenvalue weighted by atomic mass is 10.3. The van der Waals surface area contributed by atoms with Crippen LogP contribution in [-0.4, -0.2) is 18.1 Å². The van der Waals surface area contributed by atoms with Crippen LogP contribution in [0.1, 0.15) is 19.5 Å². The minimum absolute atomic E-state index is 0.363. The van der Waals surface area contributed by atoms with Crippen molar-refractivity contribution in [2.24, 2.45) is 0 Å². The third kappa shape index (κ3) is 4.34. The zero-order chi connectivity index (χ0) is 15.2. The van der Waals surface area contributed by atoms with Crippen LogP contribution in [0, 0.1) is 0 Å². The quantitative estimate of drug-likeness (QED) is 0.875. The van der Waals surface area contributed by atoms with Gasteiger partial charge >= 0.3 is 0 Å². The molecular weight excluding hydrogens is 288 g/mol. The van der Waals surface area contributed by atoms with E-state index >= 15 is 0 Å². The molecular formula is C16H19ClN2O2. The van der Waals surface area contributed by atoms with Gasteiger partial charge in [0.05, 0.1) is 17.8 Å². The van der Waals surface area contributed by atoms with Gasteiger partial charge in [0.2, 0.25) is 5.88 Å². The number of benzene rings is 1. The molecule has 112 valence electrons. The summed E-state index contributed by atoms with van der Waals surface area (Å²) < 4.78 is 11.0. The Kier molecular flexibility index (Phi) is 5.42. The van der Waals surface area contributed by atoms with Crippen molar-refractivity contribution in [3.63, 3.8) is 0 Å². The lowest BCUT2D eigenvalue weighted by molar-refractivity contribution is 0.373. The average molecular weight is 307 g/mol. The van der Waals surface area contributed by atoms with Crippen LogP contribution in [0.25, 0.3) is 0 Å². The monoisotopic (exact) mass is 306 g/mol. The maximum Gasteiger partial charge on any atom is 0.219 e. The first kappa shape index (κ1) is 15.6. The van der Waals surface area contributed by atoms with Gasteiger partial charge in [-0.05, 0) is 18.2 Å². The first-order valence-electron chi connectivity index (χ1n) is 6.80. The summed E-state index contributed by atoms with van der Waals surface area (Å²) in [7, 11) is 1.61. The summed E-state index contributed by atoms with van der Waals surface area (Å²) in [5, 5.41) is 3.91. The predicted octanol–water partition coefficient (Wildman–Crippen LogP) is 4.03. The summed E-state index contributed by atoms with van der Waals surface area (Å²) in [5.41, 5.74) is 0.762. The van der Waals surface area contributed by atoms with Crippen molar-refractivity contribution < 1.29 is 9.47 Å². The molecule has 0 bridgehead atoms. The fraction of sp³-hybridized carbons (Fsp3) is 0.312. The molecule has 0 fully saturated rings. The molecule has 0 aliphatic heterocycles. The van der Waals surface area contributed by atoms with Gasteiger partial charge in [-0.3, -0.25) is 0 Å². The van der Waals surface area contributed by atoms with Crippen molar-refractivity contribution in [1.29, 1.82) is 0 Å². The summed E-state index contributed by atoms with van der Waals surface area (Å²) in [6.45, 7) is 4.74. The van der Waals surface area contributed by atoms with Gasteiger partial charge in [0.25, 0.3) is 0 Å². The molecule has 0 spiro atoms. The van der Waals surface area contributed by atoms with E-state index < -0.39 is 0 Å². The van der Waals surface area contributed by atoms with E-state index in [1.165, 1.54) is 0 Å². The van der Waals surface area contributed by atoms with Crippen LogP contribution in [-0.2, 0) is 6.54 Å². The number of nitrogens with one attached hydrogen (secondary N) is 1. The first-order valence-corrected chi connectivity index (χ1v) is 7.17. The molecule has 2 aromatic rings. The Bertz CT molecular complexity index is 603. The zero-order valence-corrected chi connectivity index (χ0v) is 13.1. The Morgan fingerprint density at radius 2 is 1.86 bits per heavy atom. The molecule has 0 saturated carbocycles. The Morgan fingerprint density at radius 3 is 2.52 bits per heavy atom. The number of halogens is 1. The van der Waals surface area contributed by atoms with Crippen molar-refractivity contribution >= 4 is 11.6 Å². The highest BCUT2D eigenvalue weighted by atomic mass is 35.5. The minimum atomic E-state index is 0.363. The molecule has 1 heterocycles. The van der Waals surface area contributed by atoms with E-state index in [1.54, 1.807) is 19.2 Å². The highest BCUT2D eigenvalue weighted by Gasteiger charge is 2.09. The third-order valence-corrected chi connectivity index (χ3v) is 3.20. The van der Waals surface area contributed by atoms with Crippen molar-refractivity contribution in [3.8, 4) is 17.4 Å². The molecule has 0 radical (unpaired) electrons. The van der Waals surface area contributed by atoms with Crippen LogP contribution in [0.15, 0.2) is 36.4 Å². The number of rotatable bonds is 6. The van der Waals surface area contributed by atoms with Gasteiger partial charge in [-0.1, -0.05) is 37.6 Å². The number of nitrogens with zero attached hydrogens (tertiary/aromatic N) is 1. The number of methoxy groups -OCH3 is 1. The van der Waals surface area contributed by atoms with Crippen LogP contribution < -0.4 is 14.8 Å². The van der Waals surface area contributed by atoms with Gasteiger partial charge in [-0.15, -0.1) is 0 Å². The number of pyridine rings is 1. The SMILES string of the molecule is COc1ccccc1Oc1ccc(Cl)c(CNC(C)C)n1. The molecule has 1 N–H and O–H groups in total. The maximum absolute atomic E-state index is 6.16. The number of para-hydroxylation sites is 2. The smallest absolute Gasteiger partial charge is 0.219 e. The maximum atomic E-state index is 6.16. The Morgan fingerprint density at radius 1 is 1.14 bits per heavy atom. The lowest BCUT2D eigenvalue weighted by Gasteiger charge is -2.12. The zero-order valence-electron chi connectivity index (χ0n) is 12.4. The van der Waals surface area contributed by atoms with Crippen molar-refractivity contribution in [2.75, 3.05) is 7.11 Å². The summed E-state index contributed by atoms with van der Waals surface area (Å²) in [5.74, 6) is 1.78. The van der Waals surface area contributed by atoms with Crippen LogP contribution in [0.3, 0.4) is 0 Å². The first-order chi connectivity index (χ1) is 10.1. The molecule has 1 aromatic carbocycles. The van der Waals surface area contributed by atoms with Gasteiger partial charge in [-0.25, -0.2) is 4.98 Å². The number of aromatic nitrogens is 1. The van der Waals surface area contributed by atoms with E-state index in [0.29, 0.717) is 35.0 Å². The molecule has 0 amide bonds. The van der Waals surface area contributed by atoms with Gasteiger partial charge in [0, 0.05) is 18.7 Å². The number of ether oxygens (including phenoxy) is 2. The van der Waals surface area contributed by atoms with E-state index in [2.05, 4.69) is 24.1 Å². The minimum Gasteiger partial charge on any atom is -0.493 e. The summed E-state index contributed by atoms with van der Waals surface area (Å²) in [4.78, 5) is 4.44. The molecule has 0 unspecified atom stereocenters. The van der Waals surface area contributed by atoms with Crippen LogP contribution in [0.5, 0.6) is 17.4 Å². The van der Waals surface area contributed by atoms with E-state index in [4.69, 9.17) is 21.1 Å². The Balaban J connectivity index is 2.18. The van der Waals surface area contributed by atoms with Crippen LogP contribution in [0.2, 0.25) is 5.02 Å². The molecule has 0 saturated heterocycles. The molecule has 0 aliphatic carbocycles. The molecule has 0 aliphatic rings. The second-order valence-corrected chi connectivity index (χ2v) is 5.27. The summed E-state index contributed by atoms with van der Waals surface area (Å²) in [6.07, 6.45) is 0. The van der Waals surface area contributed by atoms with Gasteiger partial charge in [0.1, 0.15) is 0 Å². The average Bonchev–Trinajstić information content (AvgIpc) is 2.48. The molecule has 2 rings (SSSR count).